The van der Waals surface area contributed by atoms with Crippen molar-refractivity contribution in [1.29, 1.82) is 0 Å². The van der Waals surface area contributed by atoms with Crippen molar-refractivity contribution in [3.8, 4) is 11.1 Å². The van der Waals surface area contributed by atoms with E-state index < -0.39 is 11.3 Å². The molecule has 0 saturated heterocycles. The van der Waals surface area contributed by atoms with E-state index in [1.54, 1.807) is 0 Å². The molecule has 0 bridgehead atoms. The SMILES string of the molecule is O=S([O-])NCCCc1ncnc(Cl)c1-c1ccc(Br)cc1. The quantitative estimate of drug-likeness (QED) is 0.468. The van der Waals surface area contributed by atoms with Gasteiger partial charge in [-0.3, -0.25) is 4.21 Å². The normalized spacial score (nSPS) is 12.3. The molecule has 0 fully saturated rings. The van der Waals surface area contributed by atoms with Gasteiger partial charge in [0.2, 0.25) is 0 Å². The van der Waals surface area contributed by atoms with Crippen molar-refractivity contribution in [2.75, 3.05) is 6.54 Å². The topological polar surface area (TPSA) is 77.9 Å². The Morgan fingerprint density at radius 3 is 2.67 bits per heavy atom. The molecular weight excluding hydrogens is 378 g/mol. The van der Waals surface area contributed by atoms with Gasteiger partial charge in [-0.25, -0.2) is 14.7 Å². The van der Waals surface area contributed by atoms with Crippen LogP contribution in [0.15, 0.2) is 35.1 Å². The van der Waals surface area contributed by atoms with E-state index in [0.717, 1.165) is 21.3 Å². The minimum atomic E-state index is -2.24. The van der Waals surface area contributed by atoms with Crippen LogP contribution < -0.4 is 4.72 Å². The fraction of sp³-hybridized carbons (Fsp3) is 0.231. The molecule has 0 aliphatic rings. The Labute approximate surface area is 138 Å². The van der Waals surface area contributed by atoms with Crippen LogP contribution in [-0.2, 0) is 17.7 Å². The van der Waals surface area contributed by atoms with Gasteiger partial charge in [0.1, 0.15) is 11.5 Å². The lowest BCUT2D eigenvalue weighted by Gasteiger charge is -2.11. The van der Waals surface area contributed by atoms with E-state index in [1.165, 1.54) is 6.33 Å². The average Bonchev–Trinajstić information content (AvgIpc) is 2.45. The first-order valence-corrected chi connectivity index (χ1v) is 8.40. The van der Waals surface area contributed by atoms with Crippen LogP contribution in [-0.4, -0.2) is 25.3 Å². The molecule has 112 valence electrons. The van der Waals surface area contributed by atoms with Gasteiger partial charge in [-0.2, -0.15) is 0 Å². The summed E-state index contributed by atoms with van der Waals surface area (Å²) in [6.07, 6.45) is 2.65. The molecule has 21 heavy (non-hydrogen) atoms. The summed E-state index contributed by atoms with van der Waals surface area (Å²) in [4.78, 5) is 8.29. The summed E-state index contributed by atoms with van der Waals surface area (Å²) in [5, 5.41) is 0.391. The van der Waals surface area contributed by atoms with Gasteiger partial charge in [0.05, 0.1) is 5.69 Å². The number of hydrogen-bond donors (Lipinski definition) is 1. The highest BCUT2D eigenvalue weighted by Gasteiger charge is 2.12. The van der Waals surface area contributed by atoms with Crippen LogP contribution in [0, 0.1) is 0 Å². The first-order valence-electron chi connectivity index (χ1n) is 6.16. The fourth-order valence-electron chi connectivity index (χ4n) is 1.90. The maximum atomic E-state index is 10.4. The minimum Gasteiger partial charge on any atom is -0.760 e. The maximum Gasteiger partial charge on any atom is 0.140 e. The van der Waals surface area contributed by atoms with Crippen LogP contribution in [0.4, 0.5) is 0 Å². The lowest BCUT2D eigenvalue weighted by atomic mass is 10.0. The van der Waals surface area contributed by atoms with Crippen molar-refractivity contribution in [2.24, 2.45) is 0 Å². The van der Waals surface area contributed by atoms with E-state index in [0.29, 0.717) is 24.5 Å². The summed E-state index contributed by atoms with van der Waals surface area (Å²) in [5.41, 5.74) is 2.52. The monoisotopic (exact) mass is 388 g/mol. The van der Waals surface area contributed by atoms with Crippen molar-refractivity contribution >= 4 is 38.8 Å². The van der Waals surface area contributed by atoms with Crippen LogP contribution >= 0.6 is 27.5 Å². The molecule has 1 aromatic carbocycles. The smallest absolute Gasteiger partial charge is 0.140 e. The Balaban J connectivity index is 2.20. The minimum absolute atomic E-state index is 0.359. The average molecular weight is 390 g/mol. The second-order valence-corrected chi connectivity index (χ2v) is 6.26. The van der Waals surface area contributed by atoms with E-state index >= 15 is 0 Å². The highest BCUT2D eigenvalue weighted by molar-refractivity contribution is 9.10. The molecule has 5 nitrogen and oxygen atoms in total. The molecule has 1 unspecified atom stereocenters. The molecular formula is C13H12BrClN3O2S-. The number of aromatic nitrogens is 2. The van der Waals surface area contributed by atoms with E-state index in [1.807, 2.05) is 24.3 Å². The van der Waals surface area contributed by atoms with Crippen LogP contribution in [0.2, 0.25) is 5.15 Å². The second kappa shape index (κ2) is 7.95. The number of hydrogen-bond acceptors (Lipinski definition) is 4. The van der Waals surface area contributed by atoms with Gasteiger partial charge in [-0.1, -0.05) is 39.7 Å². The van der Waals surface area contributed by atoms with Crippen molar-refractivity contribution in [2.45, 2.75) is 12.8 Å². The van der Waals surface area contributed by atoms with Gasteiger partial charge in [0.15, 0.2) is 0 Å². The van der Waals surface area contributed by atoms with E-state index in [-0.39, 0.29) is 0 Å². The Hall–Kier alpha value is -0.860. The lowest BCUT2D eigenvalue weighted by molar-refractivity contribution is 0.521. The summed E-state index contributed by atoms with van der Waals surface area (Å²) < 4.78 is 24.2. The first-order chi connectivity index (χ1) is 10.1. The zero-order valence-corrected chi connectivity index (χ0v) is 14.0. The number of halogens is 2. The van der Waals surface area contributed by atoms with Crippen molar-refractivity contribution < 1.29 is 8.76 Å². The Kier molecular flexibility index (Phi) is 6.25. The molecule has 0 amide bonds. The standard InChI is InChI=1S/C13H13BrClN3O2S/c14-10-5-3-9(4-6-10)12-11(16-8-17-13(12)15)2-1-7-18-21(19)20/h3-6,8,18H,1-2,7H2,(H,19,20)/p-1. The van der Waals surface area contributed by atoms with Crippen LogP contribution in [0.1, 0.15) is 12.1 Å². The Morgan fingerprint density at radius 2 is 2.00 bits per heavy atom. The maximum absolute atomic E-state index is 10.4. The molecule has 2 rings (SSSR count). The van der Waals surface area contributed by atoms with E-state index in [2.05, 4.69) is 30.6 Å². The molecule has 1 atom stereocenters. The van der Waals surface area contributed by atoms with Gasteiger partial charge >= 0.3 is 0 Å². The van der Waals surface area contributed by atoms with Crippen LogP contribution in [0.3, 0.4) is 0 Å². The largest absolute Gasteiger partial charge is 0.760 e. The predicted molar refractivity (Wildman–Crippen MR) is 85.4 cm³/mol. The molecule has 0 aliphatic carbocycles. The molecule has 1 N–H and O–H groups in total. The second-order valence-electron chi connectivity index (χ2n) is 4.23. The summed E-state index contributed by atoms with van der Waals surface area (Å²) in [5.74, 6) is 0. The molecule has 0 spiro atoms. The molecule has 1 aromatic heterocycles. The number of benzene rings is 1. The number of nitrogens with zero attached hydrogens (tertiary/aromatic N) is 2. The highest BCUT2D eigenvalue weighted by atomic mass is 79.9. The number of nitrogens with one attached hydrogen (secondary N) is 1. The third-order valence-electron chi connectivity index (χ3n) is 2.82. The van der Waals surface area contributed by atoms with Gasteiger partial charge in [-0.15, -0.1) is 0 Å². The van der Waals surface area contributed by atoms with E-state index in [4.69, 9.17) is 11.6 Å². The number of aryl methyl sites for hydroxylation is 1. The third kappa shape index (κ3) is 4.82. The van der Waals surface area contributed by atoms with Crippen molar-refractivity contribution in [1.82, 2.24) is 14.7 Å². The van der Waals surface area contributed by atoms with Gasteiger partial charge in [0.25, 0.3) is 0 Å². The van der Waals surface area contributed by atoms with Crippen LogP contribution in [0.25, 0.3) is 11.1 Å². The third-order valence-corrected chi connectivity index (χ3v) is 4.08. The van der Waals surface area contributed by atoms with Gasteiger partial charge in [-0.05, 0) is 30.5 Å². The summed E-state index contributed by atoms with van der Waals surface area (Å²) in [7, 11) is 0. The molecule has 0 aliphatic heterocycles. The predicted octanol–water partition coefficient (Wildman–Crippen LogP) is 2.88. The zero-order chi connectivity index (χ0) is 15.2. The van der Waals surface area contributed by atoms with Gasteiger partial charge in [0, 0.05) is 27.8 Å². The first kappa shape index (κ1) is 16.5. The summed E-state index contributed by atoms with van der Waals surface area (Å²) in [6, 6.07) is 7.71. The summed E-state index contributed by atoms with van der Waals surface area (Å²) >= 11 is 7.34. The zero-order valence-electron chi connectivity index (χ0n) is 10.9. The molecule has 1 heterocycles. The molecule has 0 radical (unpaired) electrons. The molecule has 8 heteroatoms. The Morgan fingerprint density at radius 1 is 1.29 bits per heavy atom. The van der Waals surface area contributed by atoms with Crippen molar-refractivity contribution in [3.05, 3.63) is 45.9 Å². The van der Waals surface area contributed by atoms with Crippen LogP contribution in [0.5, 0.6) is 0 Å². The number of rotatable bonds is 6. The van der Waals surface area contributed by atoms with E-state index in [9.17, 15) is 8.76 Å². The Bertz CT molecular complexity index is 640. The van der Waals surface area contributed by atoms with Gasteiger partial charge < -0.3 is 4.55 Å². The summed E-state index contributed by atoms with van der Waals surface area (Å²) in [6.45, 7) is 0.359. The van der Waals surface area contributed by atoms with Crippen molar-refractivity contribution in [3.63, 3.8) is 0 Å². The lowest BCUT2D eigenvalue weighted by Crippen LogP contribution is -2.18. The highest BCUT2D eigenvalue weighted by Crippen LogP contribution is 2.30. The fourth-order valence-corrected chi connectivity index (χ4v) is 2.74. The molecule has 2 aromatic rings. The molecule has 0 saturated carbocycles.